The normalized spacial score (nSPS) is 33.8. The van der Waals surface area contributed by atoms with Gasteiger partial charge in [-0.1, -0.05) is 0 Å². The third kappa shape index (κ3) is 3.98. The summed E-state index contributed by atoms with van der Waals surface area (Å²) >= 11 is 0. The van der Waals surface area contributed by atoms with Crippen molar-refractivity contribution in [2.24, 2.45) is 23.2 Å². The molecule has 0 aliphatic heterocycles. The van der Waals surface area contributed by atoms with Crippen LogP contribution in [0.3, 0.4) is 0 Å². The lowest BCUT2D eigenvalue weighted by atomic mass is 9.49. The molecule has 0 aromatic heterocycles. The summed E-state index contributed by atoms with van der Waals surface area (Å²) in [4.78, 5) is 36.5. The first-order valence-electron chi connectivity index (χ1n) is 9.54. The molecule has 4 aliphatic carbocycles. The van der Waals surface area contributed by atoms with Gasteiger partial charge < -0.3 is 15.4 Å². The molecule has 4 bridgehead atoms. The summed E-state index contributed by atoms with van der Waals surface area (Å²) < 4.78 is 5.02. The van der Waals surface area contributed by atoms with Gasteiger partial charge >= 0.3 is 5.97 Å². The lowest BCUT2D eigenvalue weighted by molar-refractivity contribution is -0.155. The van der Waals surface area contributed by atoms with Crippen LogP contribution in [0, 0.1) is 23.2 Å². The van der Waals surface area contributed by atoms with Gasteiger partial charge in [0.1, 0.15) is 6.04 Å². The molecule has 4 fully saturated rings. The van der Waals surface area contributed by atoms with Gasteiger partial charge in [0.05, 0.1) is 0 Å². The van der Waals surface area contributed by atoms with Gasteiger partial charge in [0.25, 0.3) is 5.91 Å². The van der Waals surface area contributed by atoms with Gasteiger partial charge in [0.15, 0.2) is 6.61 Å². The van der Waals surface area contributed by atoms with Gasteiger partial charge in [0, 0.05) is 11.5 Å². The minimum absolute atomic E-state index is 0.000544. The Labute approximate surface area is 149 Å². The zero-order valence-corrected chi connectivity index (χ0v) is 15.5. The van der Waals surface area contributed by atoms with E-state index in [1.807, 2.05) is 13.8 Å². The average Bonchev–Trinajstić information content (AvgIpc) is 2.50. The fourth-order valence-corrected chi connectivity index (χ4v) is 5.42. The van der Waals surface area contributed by atoms with Gasteiger partial charge in [-0.25, -0.2) is 4.79 Å². The van der Waals surface area contributed by atoms with Crippen molar-refractivity contribution >= 4 is 17.8 Å². The summed E-state index contributed by atoms with van der Waals surface area (Å²) in [7, 11) is 0. The fraction of sp³-hybridized carbons (Fsp3) is 0.842. The Morgan fingerprint density at radius 2 is 1.48 bits per heavy atom. The molecule has 25 heavy (non-hydrogen) atoms. The third-order valence-electron chi connectivity index (χ3n) is 6.02. The van der Waals surface area contributed by atoms with Crippen molar-refractivity contribution in [1.29, 1.82) is 0 Å². The van der Waals surface area contributed by atoms with E-state index in [0.717, 1.165) is 19.3 Å². The van der Waals surface area contributed by atoms with E-state index in [2.05, 4.69) is 10.6 Å². The highest BCUT2D eigenvalue weighted by Gasteiger charge is 2.54. The van der Waals surface area contributed by atoms with Crippen LogP contribution in [0.15, 0.2) is 0 Å². The molecule has 0 spiro atoms. The number of hydrogen-bond acceptors (Lipinski definition) is 4. The van der Waals surface area contributed by atoms with E-state index >= 15 is 0 Å². The molecule has 0 aromatic carbocycles. The summed E-state index contributed by atoms with van der Waals surface area (Å²) in [6.45, 7) is 5.00. The second kappa shape index (κ2) is 6.96. The SMILES string of the molecule is CC(C)NC(=O)COC(=O)[C@H](C)NC(=O)C12CC3CC(CC(C3)C1)C2. The second-order valence-electron chi connectivity index (χ2n) is 8.72. The van der Waals surface area contributed by atoms with Crippen LogP contribution < -0.4 is 10.6 Å². The van der Waals surface area contributed by atoms with Crippen LogP contribution in [0.5, 0.6) is 0 Å². The molecule has 0 radical (unpaired) electrons. The van der Waals surface area contributed by atoms with E-state index in [1.54, 1.807) is 6.92 Å². The van der Waals surface area contributed by atoms with Gasteiger partial charge in [0.2, 0.25) is 5.91 Å². The van der Waals surface area contributed by atoms with Crippen LogP contribution in [0.1, 0.15) is 59.3 Å². The Balaban J connectivity index is 1.51. The quantitative estimate of drug-likeness (QED) is 0.715. The van der Waals surface area contributed by atoms with Crippen LogP contribution in [0.4, 0.5) is 0 Å². The van der Waals surface area contributed by atoms with Crippen molar-refractivity contribution in [1.82, 2.24) is 10.6 Å². The maximum absolute atomic E-state index is 12.9. The Kier molecular flexibility index (Phi) is 5.07. The van der Waals surface area contributed by atoms with Crippen molar-refractivity contribution in [3.8, 4) is 0 Å². The van der Waals surface area contributed by atoms with E-state index in [4.69, 9.17) is 4.74 Å². The maximum Gasteiger partial charge on any atom is 0.328 e. The monoisotopic (exact) mass is 350 g/mol. The number of esters is 1. The van der Waals surface area contributed by atoms with E-state index in [0.29, 0.717) is 17.8 Å². The van der Waals surface area contributed by atoms with Gasteiger partial charge in [-0.2, -0.15) is 0 Å². The summed E-state index contributed by atoms with van der Waals surface area (Å²) in [6, 6.07) is -0.730. The molecule has 6 heteroatoms. The van der Waals surface area contributed by atoms with Gasteiger partial charge in [-0.15, -0.1) is 0 Å². The number of rotatable bonds is 6. The molecule has 4 saturated carbocycles. The summed E-state index contributed by atoms with van der Waals surface area (Å²) in [5.74, 6) is 1.15. The van der Waals surface area contributed by atoms with Crippen LogP contribution in [-0.4, -0.2) is 36.5 Å². The number of nitrogens with one attached hydrogen (secondary N) is 2. The molecule has 140 valence electrons. The van der Waals surface area contributed by atoms with Crippen molar-refractivity contribution in [2.75, 3.05) is 6.61 Å². The molecule has 2 amide bonds. The molecule has 0 unspecified atom stereocenters. The minimum Gasteiger partial charge on any atom is -0.454 e. The molecule has 0 heterocycles. The highest BCUT2D eigenvalue weighted by molar-refractivity contribution is 5.89. The van der Waals surface area contributed by atoms with Crippen molar-refractivity contribution < 1.29 is 19.1 Å². The molecule has 4 rings (SSSR count). The third-order valence-corrected chi connectivity index (χ3v) is 6.02. The Hall–Kier alpha value is -1.59. The highest BCUT2D eigenvalue weighted by atomic mass is 16.5. The number of carbonyl (C=O) groups is 3. The second-order valence-corrected chi connectivity index (χ2v) is 8.72. The Morgan fingerprint density at radius 1 is 0.960 bits per heavy atom. The Morgan fingerprint density at radius 3 is 1.96 bits per heavy atom. The van der Waals surface area contributed by atoms with Crippen LogP contribution in [0.2, 0.25) is 0 Å². The first-order chi connectivity index (χ1) is 11.8. The van der Waals surface area contributed by atoms with Crippen molar-refractivity contribution in [3.63, 3.8) is 0 Å². The van der Waals surface area contributed by atoms with E-state index in [1.165, 1.54) is 19.3 Å². The molecule has 1 atom stereocenters. The smallest absolute Gasteiger partial charge is 0.328 e. The zero-order chi connectivity index (χ0) is 18.2. The van der Waals surface area contributed by atoms with Crippen LogP contribution in [0.25, 0.3) is 0 Å². The lowest BCUT2D eigenvalue weighted by Crippen LogP contribution is -2.56. The zero-order valence-electron chi connectivity index (χ0n) is 15.5. The molecule has 2 N–H and O–H groups in total. The fourth-order valence-electron chi connectivity index (χ4n) is 5.42. The first kappa shape index (κ1) is 18.2. The van der Waals surface area contributed by atoms with Gasteiger partial charge in [-0.3, -0.25) is 9.59 Å². The van der Waals surface area contributed by atoms with Crippen LogP contribution >= 0.6 is 0 Å². The average molecular weight is 350 g/mol. The topological polar surface area (TPSA) is 84.5 Å². The predicted molar refractivity (Wildman–Crippen MR) is 92.4 cm³/mol. The largest absolute Gasteiger partial charge is 0.454 e. The summed E-state index contributed by atoms with van der Waals surface area (Å²) in [5, 5.41) is 5.52. The standard InChI is InChI=1S/C19H30N2O4/c1-11(2)20-16(22)10-25-17(23)12(3)21-18(24)19-7-13-4-14(8-19)6-15(5-13)9-19/h11-15H,4-10H2,1-3H3,(H,20,22)(H,21,24)/t12-,13?,14?,15?,19?/m0/s1. The van der Waals surface area contributed by atoms with Gasteiger partial charge in [-0.05, 0) is 77.0 Å². The maximum atomic E-state index is 12.9. The van der Waals surface area contributed by atoms with Crippen LogP contribution in [-0.2, 0) is 19.1 Å². The molecular formula is C19H30N2O4. The van der Waals surface area contributed by atoms with E-state index < -0.39 is 12.0 Å². The number of ether oxygens (including phenoxy) is 1. The number of carbonyl (C=O) groups excluding carboxylic acids is 3. The molecule has 0 saturated heterocycles. The first-order valence-corrected chi connectivity index (χ1v) is 9.54. The Bertz CT molecular complexity index is 522. The molecular weight excluding hydrogens is 320 g/mol. The highest BCUT2D eigenvalue weighted by Crippen LogP contribution is 2.60. The van der Waals surface area contributed by atoms with Crippen molar-refractivity contribution in [2.45, 2.75) is 71.4 Å². The molecule has 0 aromatic rings. The number of amides is 2. The van der Waals surface area contributed by atoms with Crippen molar-refractivity contribution in [3.05, 3.63) is 0 Å². The molecule has 6 nitrogen and oxygen atoms in total. The minimum atomic E-state index is -0.729. The number of hydrogen-bond donors (Lipinski definition) is 2. The van der Waals surface area contributed by atoms with E-state index in [9.17, 15) is 14.4 Å². The summed E-state index contributed by atoms with van der Waals surface area (Å²) in [6.07, 6.45) is 6.70. The summed E-state index contributed by atoms with van der Waals surface area (Å²) in [5.41, 5.74) is -0.279. The molecule has 4 aliphatic rings. The van der Waals surface area contributed by atoms with E-state index in [-0.39, 0.29) is 29.9 Å². The lowest BCUT2D eigenvalue weighted by Gasteiger charge is -2.55. The predicted octanol–water partition coefficient (Wildman–Crippen LogP) is 1.78.